The highest BCUT2D eigenvalue weighted by molar-refractivity contribution is 5.99. The summed E-state index contributed by atoms with van der Waals surface area (Å²) in [4.78, 5) is 44.2. The molecule has 6 rings (SSSR count). The molecule has 3 aliphatic heterocycles. The fraction of sp³-hybridized carbons (Fsp3) is 0.344. The summed E-state index contributed by atoms with van der Waals surface area (Å²) in [6.45, 7) is 1.18. The van der Waals surface area contributed by atoms with Gasteiger partial charge < -0.3 is 33.9 Å². The van der Waals surface area contributed by atoms with Crippen molar-refractivity contribution in [1.29, 1.82) is 0 Å². The number of fused-ring (bicyclic) bond motifs is 1. The van der Waals surface area contributed by atoms with Crippen molar-refractivity contribution in [1.82, 2.24) is 15.1 Å². The monoisotopic (exact) mass is 587 g/mol. The molecule has 0 saturated carbocycles. The first-order valence-corrected chi connectivity index (χ1v) is 14.1. The molecule has 43 heavy (non-hydrogen) atoms. The quantitative estimate of drug-likeness (QED) is 0.448. The summed E-state index contributed by atoms with van der Waals surface area (Å²) in [6, 6.07) is 18.4. The van der Waals surface area contributed by atoms with Crippen molar-refractivity contribution in [2.75, 3.05) is 40.7 Å². The lowest BCUT2D eigenvalue weighted by atomic mass is 9.96. The van der Waals surface area contributed by atoms with Crippen molar-refractivity contribution in [2.24, 2.45) is 0 Å². The molecule has 3 aliphatic rings. The first-order valence-electron chi connectivity index (χ1n) is 14.1. The van der Waals surface area contributed by atoms with E-state index in [0.29, 0.717) is 60.1 Å². The van der Waals surface area contributed by atoms with Crippen LogP contribution in [0.2, 0.25) is 0 Å². The minimum atomic E-state index is -1.03. The van der Waals surface area contributed by atoms with Crippen LogP contribution >= 0.6 is 0 Å². The molecular weight excluding hydrogens is 554 g/mol. The molecule has 2 fully saturated rings. The fourth-order valence-electron chi connectivity index (χ4n) is 5.77. The van der Waals surface area contributed by atoms with Gasteiger partial charge in [0.25, 0.3) is 11.8 Å². The van der Waals surface area contributed by atoms with E-state index in [9.17, 15) is 14.4 Å². The maximum absolute atomic E-state index is 14.0. The Balaban J connectivity index is 1.20. The van der Waals surface area contributed by atoms with Crippen molar-refractivity contribution in [3.63, 3.8) is 0 Å². The zero-order valence-electron chi connectivity index (χ0n) is 24.0. The van der Waals surface area contributed by atoms with Crippen molar-refractivity contribution < 1.29 is 38.1 Å². The molecule has 11 nitrogen and oxygen atoms in total. The molecule has 1 atom stereocenters. The lowest BCUT2D eigenvalue weighted by molar-refractivity contribution is -0.128. The van der Waals surface area contributed by atoms with Gasteiger partial charge in [-0.05, 0) is 66.2 Å². The number of rotatable bonds is 7. The molecule has 3 aromatic rings. The normalized spacial score (nSPS) is 18.4. The average molecular weight is 588 g/mol. The number of methoxy groups -OCH3 is 2. The molecule has 1 N–H and O–H groups in total. The van der Waals surface area contributed by atoms with Crippen LogP contribution in [-0.2, 0) is 16.1 Å². The minimum Gasteiger partial charge on any atom is -0.497 e. The summed E-state index contributed by atoms with van der Waals surface area (Å²) < 4.78 is 27.6. The molecule has 0 aromatic heterocycles. The predicted octanol–water partition coefficient (Wildman–Crippen LogP) is 3.22. The zero-order valence-corrected chi connectivity index (χ0v) is 24.0. The largest absolute Gasteiger partial charge is 0.497 e. The fourth-order valence-corrected chi connectivity index (χ4v) is 5.77. The van der Waals surface area contributed by atoms with Crippen LogP contribution in [0.4, 0.5) is 0 Å². The number of likely N-dealkylation sites (tertiary alicyclic amines) is 1. The summed E-state index contributed by atoms with van der Waals surface area (Å²) in [7, 11) is 3.13. The van der Waals surface area contributed by atoms with Crippen LogP contribution in [0.25, 0.3) is 0 Å². The Morgan fingerprint density at radius 3 is 2.07 bits per heavy atom. The molecule has 3 aromatic carbocycles. The summed E-state index contributed by atoms with van der Waals surface area (Å²) in [6.07, 6.45) is 0.728. The number of nitrogens with one attached hydrogen (secondary N) is 1. The van der Waals surface area contributed by atoms with Gasteiger partial charge in [0.05, 0.1) is 20.8 Å². The van der Waals surface area contributed by atoms with E-state index >= 15 is 0 Å². The summed E-state index contributed by atoms with van der Waals surface area (Å²) >= 11 is 0. The second-order valence-electron chi connectivity index (χ2n) is 10.6. The van der Waals surface area contributed by atoms with Crippen molar-refractivity contribution in [3.8, 4) is 23.0 Å². The highest BCUT2D eigenvalue weighted by Crippen LogP contribution is 2.39. The second kappa shape index (κ2) is 11.8. The molecule has 11 heteroatoms. The minimum absolute atomic E-state index is 0.0429. The van der Waals surface area contributed by atoms with Gasteiger partial charge in [-0.15, -0.1) is 0 Å². The number of hydrogen-bond acceptors (Lipinski definition) is 8. The van der Waals surface area contributed by atoms with E-state index in [-0.39, 0.29) is 37.7 Å². The molecule has 0 aliphatic carbocycles. The van der Waals surface area contributed by atoms with Gasteiger partial charge in [-0.2, -0.15) is 0 Å². The Morgan fingerprint density at radius 2 is 1.44 bits per heavy atom. The number of carbonyl (C=O) groups is 3. The summed E-state index contributed by atoms with van der Waals surface area (Å²) in [5.74, 6) is 1.82. The number of piperidine rings is 1. The van der Waals surface area contributed by atoms with Crippen LogP contribution in [0.15, 0.2) is 66.7 Å². The lowest BCUT2D eigenvalue weighted by Gasteiger charge is -2.44. The number of hydrogen-bond donors (Lipinski definition) is 1. The molecule has 224 valence electrons. The Hall–Kier alpha value is -4.77. The van der Waals surface area contributed by atoms with Crippen LogP contribution in [0.5, 0.6) is 23.0 Å². The van der Waals surface area contributed by atoms with E-state index in [1.807, 2.05) is 12.1 Å². The molecule has 0 bridgehead atoms. The van der Waals surface area contributed by atoms with E-state index in [1.165, 1.54) is 0 Å². The first kappa shape index (κ1) is 28.4. The number of ether oxygens (including phenoxy) is 5. The molecule has 2 saturated heterocycles. The van der Waals surface area contributed by atoms with E-state index in [0.717, 1.165) is 5.56 Å². The van der Waals surface area contributed by atoms with Crippen LogP contribution in [0, 0.1) is 0 Å². The van der Waals surface area contributed by atoms with Gasteiger partial charge in [-0.25, -0.2) is 0 Å². The van der Waals surface area contributed by atoms with Crippen molar-refractivity contribution in [3.05, 3.63) is 83.4 Å². The number of nitrogens with zero attached hydrogens (tertiary/aromatic N) is 2. The molecule has 0 radical (unpaired) electrons. The van der Waals surface area contributed by atoms with Gasteiger partial charge in [0, 0.05) is 43.6 Å². The van der Waals surface area contributed by atoms with Gasteiger partial charge >= 0.3 is 0 Å². The average Bonchev–Trinajstić information content (AvgIpc) is 3.68. The third kappa shape index (κ3) is 5.55. The van der Waals surface area contributed by atoms with Gasteiger partial charge in [-0.3, -0.25) is 19.3 Å². The Bertz CT molecular complexity index is 1500. The van der Waals surface area contributed by atoms with Crippen LogP contribution < -0.4 is 24.3 Å². The number of carbonyl (C=O) groups excluding carboxylic acids is 3. The third-order valence-corrected chi connectivity index (χ3v) is 8.19. The SMILES string of the molecule is COc1ccc(C(=O)N2CCC3(CC2)OC[C@@H](C(=O)NCc2ccc4c(c2)OCO4)N3C(=O)c2ccc(OC)cc2)cc1. The Labute approximate surface area is 249 Å². The maximum Gasteiger partial charge on any atom is 0.256 e. The molecule has 1 spiro atoms. The number of benzene rings is 3. The maximum atomic E-state index is 14.0. The van der Waals surface area contributed by atoms with Crippen LogP contribution in [-0.4, -0.2) is 80.0 Å². The van der Waals surface area contributed by atoms with E-state index in [2.05, 4.69) is 5.32 Å². The highest BCUT2D eigenvalue weighted by atomic mass is 16.7. The Morgan fingerprint density at radius 1 is 0.837 bits per heavy atom. The van der Waals surface area contributed by atoms with Gasteiger partial charge in [0.15, 0.2) is 11.5 Å². The highest BCUT2D eigenvalue weighted by Gasteiger charge is 2.54. The Kier molecular flexibility index (Phi) is 7.81. The van der Waals surface area contributed by atoms with E-state index in [4.69, 9.17) is 23.7 Å². The van der Waals surface area contributed by atoms with Gasteiger partial charge in [0.1, 0.15) is 23.3 Å². The molecule has 0 unspecified atom stereocenters. The zero-order chi connectivity index (χ0) is 30.0. The van der Waals surface area contributed by atoms with E-state index < -0.39 is 11.8 Å². The van der Waals surface area contributed by atoms with Gasteiger partial charge in [0.2, 0.25) is 12.7 Å². The molecular formula is C32H33N3O8. The summed E-state index contributed by atoms with van der Waals surface area (Å²) in [5, 5.41) is 2.96. The first-order chi connectivity index (χ1) is 20.9. The van der Waals surface area contributed by atoms with E-state index in [1.54, 1.807) is 78.6 Å². The van der Waals surface area contributed by atoms with Gasteiger partial charge in [-0.1, -0.05) is 6.07 Å². The van der Waals surface area contributed by atoms with Crippen LogP contribution in [0.3, 0.4) is 0 Å². The molecule has 3 amide bonds. The van der Waals surface area contributed by atoms with Crippen molar-refractivity contribution in [2.45, 2.75) is 31.2 Å². The number of amides is 3. The van der Waals surface area contributed by atoms with Crippen molar-refractivity contribution >= 4 is 17.7 Å². The third-order valence-electron chi connectivity index (χ3n) is 8.19. The molecule has 3 heterocycles. The van der Waals surface area contributed by atoms with Crippen LogP contribution in [0.1, 0.15) is 39.1 Å². The topological polar surface area (TPSA) is 116 Å². The standard InChI is InChI=1S/C32H33N3O8/c1-39-24-8-4-22(5-9-24)30(37)34-15-13-32(14-16-34)35(31(38)23-6-10-25(40-2)11-7-23)26(19-43-32)29(36)33-18-21-3-12-27-28(17-21)42-20-41-27/h3-12,17,26H,13-16,18-20H2,1-2H3,(H,33,36)/t26-/m0/s1. The lowest BCUT2D eigenvalue weighted by Crippen LogP contribution is -2.59. The smallest absolute Gasteiger partial charge is 0.256 e. The predicted molar refractivity (Wildman–Crippen MR) is 154 cm³/mol. The summed E-state index contributed by atoms with van der Waals surface area (Å²) in [5.41, 5.74) is 0.769. The second-order valence-corrected chi connectivity index (χ2v) is 10.6.